The molecule has 0 aromatic heterocycles. The second-order valence-corrected chi connectivity index (χ2v) is 5.33. The molecule has 17 heavy (non-hydrogen) atoms. The third-order valence-corrected chi connectivity index (χ3v) is 3.40. The molecular weight excluding hydrogens is 224 g/mol. The highest BCUT2D eigenvalue weighted by Gasteiger charge is 2.34. The fraction of sp³-hybridized carbons (Fsp3) is 1.00. The molecule has 0 aliphatic rings. The van der Waals surface area contributed by atoms with E-state index in [-0.39, 0.29) is 25.0 Å². The van der Waals surface area contributed by atoms with Crippen molar-refractivity contribution in [1.82, 2.24) is 0 Å². The van der Waals surface area contributed by atoms with Crippen LogP contribution in [0, 0.1) is 11.8 Å². The normalized spacial score (nSPS) is 19.4. The Hall–Kier alpha value is -0.200. The smallest absolute Gasteiger partial charge is 0.113 e. The highest BCUT2D eigenvalue weighted by Crippen LogP contribution is 2.20. The third kappa shape index (κ3) is 4.52. The minimum absolute atomic E-state index is 0.0732. The molecule has 0 rings (SSSR count). The first-order chi connectivity index (χ1) is 7.72. The molecule has 0 bridgehead atoms. The molecule has 0 spiro atoms. The summed E-state index contributed by atoms with van der Waals surface area (Å²) in [6.45, 7) is 6.17. The van der Waals surface area contributed by atoms with Gasteiger partial charge in [-0.1, -0.05) is 27.7 Å². The molecule has 0 aliphatic carbocycles. The molecule has 0 fully saturated rings. The summed E-state index contributed by atoms with van der Waals surface area (Å²) in [5.74, 6) is -0.317. The summed E-state index contributed by atoms with van der Waals surface area (Å²) in [6.07, 6.45) is 0. The molecule has 5 nitrogen and oxygen atoms in total. The maximum absolute atomic E-state index is 9.99. The summed E-state index contributed by atoms with van der Waals surface area (Å²) in [5, 5.41) is 38.2. The lowest BCUT2D eigenvalue weighted by Gasteiger charge is -2.33. The molecule has 0 saturated carbocycles. The molecule has 0 aromatic rings. The number of ether oxygens (including phenoxy) is 1. The van der Waals surface area contributed by atoms with Crippen molar-refractivity contribution in [3.63, 3.8) is 0 Å². The second kappa shape index (κ2) is 6.66. The number of aliphatic hydroxyl groups excluding tert-OH is 2. The van der Waals surface area contributed by atoms with Crippen molar-refractivity contribution in [3.05, 3.63) is 0 Å². The molecule has 2 atom stereocenters. The van der Waals surface area contributed by atoms with Crippen molar-refractivity contribution in [2.45, 2.75) is 38.9 Å². The molecule has 2 unspecified atom stereocenters. The number of rotatable bonds is 8. The molecule has 104 valence electrons. The zero-order chi connectivity index (χ0) is 13.7. The van der Waals surface area contributed by atoms with E-state index in [0.29, 0.717) is 0 Å². The van der Waals surface area contributed by atoms with Gasteiger partial charge >= 0.3 is 0 Å². The Morgan fingerprint density at radius 2 is 1.12 bits per heavy atom. The molecule has 0 heterocycles. The first-order valence-electron chi connectivity index (χ1n) is 5.96. The Bertz CT molecular complexity index is 197. The van der Waals surface area contributed by atoms with E-state index in [0.717, 1.165) is 0 Å². The Morgan fingerprint density at radius 1 is 0.824 bits per heavy atom. The van der Waals surface area contributed by atoms with Crippen LogP contribution in [0.3, 0.4) is 0 Å². The Labute approximate surface area is 103 Å². The van der Waals surface area contributed by atoms with Gasteiger partial charge in [-0.05, 0) is 11.8 Å². The van der Waals surface area contributed by atoms with Gasteiger partial charge in [-0.2, -0.15) is 0 Å². The van der Waals surface area contributed by atoms with Gasteiger partial charge < -0.3 is 25.2 Å². The van der Waals surface area contributed by atoms with E-state index in [2.05, 4.69) is 0 Å². The van der Waals surface area contributed by atoms with Gasteiger partial charge in [-0.3, -0.25) is 0 Å². The lowest BCUT2D eigenvalue weighted by atomic mass is 9.91. The standard InChI is InChI=1S/C12H26O5/c1-9(2)11(15,5-13)7-17-8-12(16,6-14)10(3)4/h9-10,13-16H,5-8H2,1-4H3. The lowest BCUT2D eigenvalue weighted by Crippen LogP contribution is -2.48. The molecule has 0 radical (unpaired) electrons. The van der Waals surface area contributed by atoms with Crippen LogP contribution in [0.1, 0.15) is 27.7 Å². The van der Waals surface area contributed by atoms with Crippen LogP contribution < -0.4 is 0 Å². The average molecular weight is 250 g/mol. The summed E-state index contributed by atoms with van der Waals surface area (Å²) in [6, 6.07) is 0. The topological polar surface area (TPSA) is 90.2 Å². The van der Waals surface area contributed by atoms with E-state index in [4.69, 9.17) is 14.9 Å². The van der Waals surface area contributed by atoms with Crippen molar-refractivity contribution in [3.8, 4) is 0 Å². The highest BCUT2D eigenvalue weighted by atomic mass is 16.5. The van der Waals surface area contributed by atoms with Gasteiger partial charge in [0.2, 0.25) is 0 Å². The maximum atomic E-state index is 9.99. The average Bonchev–Trinajstić information content (AvgIpc) is 2.27. The molecule has 4 N–H and O–H groups in total. The van der Waals surface area contributed by atoms with Crippen LogP contribution in [0.5, 0.6) is 0 Å². The summed E-state index contributed by atoms with van der Waals surface area (Å²) >= 11 is 0. The summed E-state index contributed by atoms with van der Waals surface area (Å²) in [7, 11) is 0. The van der Waals surface area contributed by atoms with Crippen LogP contribution in [0.2, 0.25) is 0 Å². The van der Waals surface area contributed by atoms with Crippen molar-refractivity contribution in [2.75, 3.05) is 26.4 Å². The third-order valence-electron chi connectivity index (χ3n) is 3.40. The number of hydrogen-bond donors (Lipinski definition) is 4. The molecule has 0 saturated heterocycles. The predicted molar refractivity (Wildman–Crippen MR) is 64.6 cm³/mol. The summed E-state index contributed by atoms with van der Waals surface area (Å²) in [4.78, 5) is 0. The van der Waals surface area contributed by atoms with Crippen molar-refractivity contribution in [1.29, 1.82) is 0 Å². The van der Waals surface area contributed by atoms with E-state index in [1.165, 1.54) is 0 Å². The second-order valence-electron chi connectivity index (χ2n) is 5.33. The Morgan fingerprint density at radius 3 is 1.29 bits per heavy atom. The fourth-order valence-corrected chi connectivity index (χ4v) is 1.19. The van der Waals surface area contributed by atoms with Gasteiger partial charge in [-0.25, -0.2) is 0 Å². The van der Waals surface area contributed by atoms with E-state index < -0.39 is 24.4 Å². The van der Waals surface area contributed by atoms with Gasteiger partial charge in [-0.15, -0.1) is 0 Å². The summed E-state index contributed by atoms with van der Waals surface area (Å²) in [5.41, 5.74) is -2.62. The lowest BCUT2D eigenvalue weighted by molar-refractivity contribution is -0.150. The first-order valence-corrected chi connectivity index (χ1v) is 5.96. The number of aliphatic hydroxyl groups is 4. The van der Waals surface area contributed by atoms with Crippen LogP contribution in [0.25, 0.3) is 0 Å². The van der Waals surface area contributed by atoms with Gasteiger partial charge in [0, 0.05) is 0 Å². The van der Waals surface area contributed by atoms with Gasteiger partial charge in [0.1, 0.15) is 11.2 Å². The molecule has 0 aromatic carbocycles. The minimum atomic E-state index is -1.31. The van der Waals surface area contributed by atoms with Gasteiger partial charge in [0.05, 0.1) is 26.4 Å². The quantitative estimate of drug-likeness (QED) is 0.477. The molecule has 5 heteroatoms. The van der Waals surface area contributed by atoms with Crippen LogP contribution >= 0.6 is 0 Å². The summed E-state index contributed by atoms with van der Waals surface area (Å²) < 4.78 is 5.25. The number of hydrogen-bond acceptors (Lipinski definition) is 5. The van der Waals surface area contributed by atoms with Crippen molar-refractivity contribution >= 4 is 0 Å². The van der Waals surface area contributed by atoms with E-state index in [1.807, 2.05) is 0 Å². The van der Waals surface area contributed by atoms with Crippen LogP contribution in [-0.2, 0) is 4.74 Å². The molecule has 0 amide bonds. The largest absolute Gasteiger partial charge is 0.393 e. The zero-order valence-electron chi connectivity index (χ0n) is 11.2. The van der Waals surface area contributed by atoms with Crippen molar-refractivity contribution < 1.29 is 25.2 Å². The van der Waals surface area contributed by atoms with E-state index in [1.54, 1.807) is 27.7 Å². The minimum Gasteiger partial charge on any atom is -0.393 e. The first kappa shape index (κ1) is 16.8. The van der Waals surface area contributed by atoms with Crippen LogP contribution in [0.15, 0.2) is 0 Å². The van der Waals surface area contributed by atoms with E-state index >= 15 is 0 Å². The Kier molecular flexibility index (Phi) is 6.58. The predicted octanol–water partition coefficient (Wildman–Crippen LogP) is -0.238. The van der Waals surface area contributed by atoms with Crippen molar-refractivity contribution in [2.24, 2.45) is 11.8 Å². The van der Waals surface area contributed by atoms with Gasteiger partial charge in [0.15, 0.2) is 0 Å². The fourth-order valence-electron chi connectivity index (χ4n) is 1.19. The molecule has 0 aliphatic heterocycles. The highest BCUT2D eigenvalue weighted by molar-refractivity contribution is 4.84. The zero-order valence-corrected chi connectivity index (χ0v) is 11.2. The van der Waals surface area contributed by atoms with Crippen LogP contribution in [-0.4, -0.2) is 58.1 Å². The van der Waals surface area contributed by atoms with Gasteiger partial charge in [0.25, 0.3) is 0 Å². The SMILES string of the molecule is CC(C)C(O)(CO)COCC(O)(CO)C(C)C. The van der Waals surface area contributed by atoms with Crippen LogP contribution in [0.4, 0.5) is 0 Å². The van der Waals surface area contributed by atoms with E-state index in [9.17, 15) is 10.2 Å². The monoisotopic (exact) mass is 250 g/mol. The molecular formula is C12H26O5. The maximum Gasteiger partial charge on any atom is 0.113 e. The Balaban J connectivity index is 4.30.